The molecule has 0 atom stereocenters. The van der Waals surface area contributed by atoms with Gasteiger partial charge in [0, 0.05) is 18.5 Å². The van der Waals surface area contributed by atoms with Crippen molar-refractivity contribution in [1.29, 1.82) is 0 Å². The predicted molar refractivity (Wildman–Crippen MR) is 66.4 cm³/mol. The molecule has 1 rings (SSSR count). The van der Waals surface area contributed by atoms with Gasteiger partial charge in [0.05, 0.1) is 17.3 Å². The number of urea groups is 1. The monoisotopic (exact) mass is 276 g/mol. The summed E-state index contributed by atoms with van der Waals surface area (Å²) in [4.78, 5) is 24.2. The van der Waals surface area contributed by atoms with Crippen LogP contribution in [0, 0.1) is 0 Å². The number of aliphatic carboxylic acids is 1. The highest BCUT2D eigenvalue weighted by atomic mass is 35.5. The summed E-state index contributed by atoms with van der Waals surface area (Å²) in [6.45, 7) is 0.583. The fourth-order valence-electron chi connectivity index (χ4n) is 1.11. The number of hydrogen-bond donors (Lipinski definition) is 2. The molecule has 2 amide bonds. The minimum Gasteiger partial charge on any atom is -0.481 e. The van der Waals surface area contributed by atoms with E-state index in [0.717, 1.165) is 4.88 Å². The third-order valence-corrected chi connectivity index (χ3v) is 3.28. The van der Waals surface area contributed by atoms with Crippen LogP contribution in [0.5, 0.6) is 0 Å². The summed E-state index contributed by atoms with van der Waals surface area (Å²) in [5.74, 6) is -0.922. The van der Waals surface area contributed by atoms with Crippen molar-refractivity contribution in [1.82, 2.24) is 10.2 Å². The van der Waals surface area contributed by atoms with E-state index in [-0.39, 0.29) is 19.0 Å². The van der Waals surface area contributed by atoms with Gasteiger partial charge >= 0.3 is 12.0 Å². The van der Waals surface area contributed by atoms with Gasteiger partial charge in [-0.15, -0.1) is 11.3 Å². The van der Waals surface area contributed by atoms with E-state index in [2.05, 4.69) is 5.32 Å². The molecule has 0 bridgehead atoms. The van der Waals surface area contributed by atoms with Crippen LogP contribution in [0.3, 0.4) is 0 Å². The van der Waals surface area contributed by atoms with Crippen molar-refractivity contribution >= 4 is 34.9 Å². The van der Waals surface area contributed by atoms with Gasteiger partial charge in [0.1, 0.15) is 0 Å². The predicted octanol–water partition coefficient (Wildman–Crippen LogP) is 2.02. The molecule has 17 heavy (non-hydrogen) atoms. The fourth-order valence-corrected chi connectivity index (χ4v) is 2.14. The van der Waals surface area contributed by atoms with Crippen molar-refractivity contribution in [3.8, 4) is 0 Å². The molecule has 1 aromatic heterocycles. The Balaban J connectivity index is 2.31. The molecule has 0 fully saturated rings. The molecule has 0 spiro atoms. The Morgan fingerprint density at radius 1 is 1.53 bits per heavy atom. The van der Waals surface area contributed by atoms with Gasteiger partial charge in [0.15, 0.2) is 0 Å². The first-order valence-corrected chi connectivity index (χ1v) is 6.13. The maximum absolute atomic E-state index is 11.5. The zero-order valence-corrected chi connectivity index (χ0v) is 10.8. The van der Waals surface area contributed by atoms with Crippen LogP contribution in [0.15, 0.2) is 12.1 Å². The number of hydrogen-bond acceptors (Lipinski definition) is 3. The first kappa shape index (κ1) is 13.8. The fraction of sp³-hybridized carbons (Fsp3) is 0.400. The number of carbonyl (C=O) groups is 2. The molecule has 0 aliphatic rings. The Hall–Kier alpha value is -1.27. The average molecular weight is 277 g/mol. The number of thiophene rings is 1. The first-order chi connectivity index (χ1) is 7.99. The molecule has 0 saturated heterocycles. The Kier molecular flexibility index (Phi) is 5.24. The number of carboxylic acids is 1. The van der Waals surface area contributed by atoms with E-state index < -0.39 is 5.97 Å². The molecule has 1 aromatic rings. The minimum atomic E-state index is -0.922. The number of carbonyl (C=O) groups excluding carboxylic acids is 1. The van der Waals surface area contributed by atoms with Crippen LogP contribution in [0.25, 0.3) is 0 Å². The lowest BCUT2D eigenvalue weighted by molar-refractivity contribution is -0.137. The molecule has 7 heteroatoms. The second-order valence-corrected chi connectivity index (χ2v) is 5.23. The number of nitrogens with zero attached hydrogens (tertiary/aromatic N) is 1. The van der Waals surface area contributed by atoms with E-state index in [9.17, 15) is 9.59 Å². The molecular weight excluding hydrogens is 264 g/mol. The zero-order chi connectivity index (χ0) is 12.8. The summed E-state index contributed by atoms with van der Waals surface area (Å²) >= 11 is 7.15. The lowest BCUT2D eigenvalue weighted by atomic mass is 10.4. The highest BCUT2D eigenvalue weighted by molar-refractivity contribution is 7.16. The number of carboxylic acid groups (broad SMARTS) is 1. The molecule has 0 unspecified atom stereocenters. The summed E-state index contributed by atoms with van der Waals surface area (Å²) in [6.07, 6.45) is -0.0608. The Labute approximate surface area is 108 Å². The third kappa shape index (κ3) is 5.06. The Morgan fingerprint density at radius 3 is 2.76 bits per heavy atom. The van der Waals surface area contributed by atoms with Crippen molar-refractivity contribution in [2.75, 3.05) is 13.6 Å². The number of halogens is 1. The van der Waals surface area contributed by atoms with Gasteiger partial charge in [-0.05, 0) is 12.1 Å². The molecule has 0 aromatic carbocycles. The molecular formula is C10H13ClN2O3S. The van der Waals surface area contributed by atoms with Crippen molar-refractivity contribution in [2.45, 2.75) is 13.0 Å². The van der Waals surface area contributed by atoms with Crippen LogP contribution in [0.2, 0.25) is 4.34 Å². The van der Waals surface area contributed by atoms with Crippen LogP contribution in [0.4, 0.5) is 4.79 Å². The van der Waals surface area contributed by atoms with E-state index >= 15 is 0 Å². The van der Waals surface area contributed by atoms with Gasteiger partial charge in [0.2, 0.25) is 0 Å². The van der Waals surface area contributed by atoms with Crippen LogP contribution < -0.4 is 5.32 Å². The molecule has 0 aliphatic heterocycles. The lowest BCUT2D eigenvalue weighted by Gasteiger charge is -2.16. The molecule has 1 heterocycles. The molecule has 0 saturated carbocycles. The third-order valence-electron chi connectivity index (χ3n) is 2.05. The van der Waals surface area contributed by atoms with E-state index in [0.29, 0.717) is 10.9 Å². The minimum absolute atomic E-state index is 0.0608. The van der Waals surface area contributed by atoms with Crippen LogP contribution in [0.1, 0.15) is 11.3 Å². The van der Waals surface area contributed by atoms with Gasteiger partial charge in [-0.3, -0.25) is 4.79 Å². The lowest BCUT2D eigenvalue weighted by Crippen LogP contribution is -2.37. The van der Waals surface area contributed by atoms with Gasteiger partial charge in [-0.1, -0.05) is 11.6 Å². The number of amides is 2. The Morgan fingerprint density at radius 2 is 2.24 bits per heavy atom. The molecule has 0 radical (unpaired) electrons. The highest BCUT2D eigenvalue weighted by Gasteiger charge is 2.09. The second kappa shape index (κ2) is 6.46. The SMILES string of the molecule is CN(CCC(=O)O)C(=O)NCc1ccc(Cl)s1. The van der Waals surface area contributed by atoms with Gasteiger partial charge in [-0.25, -0.2) is 4.79 Å². The van der Waals surface area contributed by atoms with Gasteiger partial charge in [0.25, 0.3) is 0 Å². The van der Waals surface area contributed by atoms with E-state index in [1.54, 1.807) is 13.1 Å². The quantitative estimate of drug-likeness (QED) is 0.864. The summed E-state index contributed by atoms with van der Waals surface area (Å²) in [5, 5.41) is 11.2. The van der Waals surface area contributed by atoms with E-state index in [1.165, 1.54) is 16.2 Å². The smallest absolute Gasteiger partial charge is 0.317 e. The standard InChI is InChI=1S/C10H13ClN2O3S/c1-13(5-4-9(14)15)10(16)12-6-7-2-3-8(11)17-7/h2-3H,4-6H2,1H3,(H,12,16)(H,14,15). The Bertz CT molecular complexity index is 408. The summed E-state index contributed by atoms with van der Waals surface area (Å²) in [5.41, 5.74) is 0. The van der Waals surface area contributed by atoms with Crippen LogP contribution in [-0.4, -0.2) is 35.6 Å². The molecule has 2 N–H and O–H groups in total. The molecule has 5 nitrogen and oxygen atoms in total. The number of nitrogens with one attached hydrogen (secondary N) is 1. The maximum atomic E-state index is 11.5. The summed E-state index contributed by atoms with van der Waals surface area (Å²) < 4.78 is 0.675. The second-order valence-electron chi connectivity index (χ2n) is 3.43. The van der Waals surface area contributed by atoms with Crippen molar-refractivity contribution in [2.24, 2.45) is 0 Å². The zero-order valence-electron chi connectivity index (χ0n) is 9.27. The number of rotatable bonds is 5. The van der Waals surface area contributed by atoms with Gasteiger partial charge < -0.3 is 15.3 Å². The maximum Gasteiger partial charge on any atom is 0.317 e. The summed E-state index contributed by atoms with van der Waals surface area (Å²) in [7, 11) is 1.56. The highest BCUT2D eigenvalue weighted by Crippen LogP contribution is 2.20. The van der Waals surface area contributed by atoms with Crippen LogP contribution >= 0.6 is 22.9 Å². The topological polar surface area (TPSA) is 69.6 Å². The van der Waals surface area contributed by atoms with Crippen molar-refractivity contribution in [3.63, 3.8) is 0 Å². The average Bonchev–Trinajstić information content (AvgIpc) is 2.68. The molecule has 94 valence electrons. The van der Waals surface area contributed by atoms with Gasteiger partial charge in [-0.2, -0.15) is 0 Å². The van der Waals surface area contributed by atoms with Crippen molar-refractivity contribution < 1.29 is 14.7 Å². The van der Waals surface area contributed by atoms with E-state index in [4.69, 9.17) is 16.7 Å². The first-order valence-electron chi connectivity index (χ1n) is 4.94. The van der Waals surface area contributed by atoms with Crippen molar-refractivity contribution in [3.05, 3.63) is 21.3 Å². The molecule has 0 aliphatic carbocycles. The van der Waals surface area contributed by atoms with E-state index in [1.807, 2.05) is 6.07 Å². The largest absolute Gasteiger partial charge is 0.481 e. The summed E-state index contributed by atoms with van der Waals surface area (Å²) in [6, 6.07) is 3.31. The van der Waals surface area contributed by atoms with Crippen LogP contribution in [-0.2, 0) is 11.3 Å². The normalized spacial score (nSPS) is 10.0.